The molecule has 0 bridgehead atoms. The minimum Gasteiger partial charge on any atom is -0.494 e. The first-order valence-corrected chi connectivity index (χ1v) is 9.58. The molecule has 0 spiro atoms. The van der Waals surface area contributed by atoms with E-state index in [0.29, 0.717) is 5.92 Å². The number of hydrogen-bond donors (Lipinski definition) is 0. The van der Waals surface area contributed by atoms with Crippen LogP contribution in [0, 0.1) is 0 Å². The van der Waals surface area contributed by atoms with Crippen molar-refractivity contribution in [2.75, 3.05) is 13.2 Å². The van der Waals surface area contributed by atoms with E-state index in [4.69, 9.17) is 9.73 Å². The molecule has 1 aliphatic rings. The van der Waals surface area contributed by atoms with E-state index < -0.39 is 0 Å². The first-order chi connectivity index (χ1) is 11.3. The number of aliphatic imine (C=N–C) groups is 1. The van der Waals surface area contributed by atoms with Gasteiger partial charge in [-0.3, -0.25) is 4.99 Å². The summed E-state index contributed by atoms with van der Waals surface area (Å²) in [4.78, 5) is 4.76. The lowest BCUT2D eigenvalue weighted by Gasteiger charge is -2.16. The molecule has 1 atom stereocenters. The molecule has 2 rings (SSSR count). The first kappa shape index (κ1) is 18.0. The molecule has 0 N–H and O–H groups in total. The second kappa shape index (κ2) is 10.5. The Morgan fingerprint density at radius 2 is 1.91 bits per heavy atom. The third-order valence-electron chi connectivity index (χ3n) is 4.79. The second-order valence-electron chi connectivity index (χ2n) is 6.67. The van der Waals surface area contributed by atoms with Gasteiger partial charge >= 0.3 is 0 Å². The van der Waals surface area contributed by atoms with Gasteiger partial charge in [-0.25, -0.2) is 0 Å². The maximum atomic E-state index is 5.68. The van der Waals surface area contributed by atoms with Gasteiger partial charge in [0.1, 0.15) is 5.75 Å². The maximum Gasteiger partial charge on any atom is 0.119 e. The zero-order chi connectivity index (χ0) is 16.3. The molecule has 23 heavy (non-hydrogen) atoms. The van der Waals surface area contributed by atoms with E-state index >= 15 is 0 Å². The van der Waals surface area contributed by atoms with Crippen molar-refractivity contribution >= 4 is 5.71 Å². The van der Waals surface area contributed by atoms with Crippen LogP contribution in [0.2, 0.25) is 0 Å². The fourth-order valence-corrected chi connectivity index (χ4v) is 3.35. The Hall–Kier alpha value is -1.31. The van der Waals surface area contributed by atoms with E-state index in [0.717, 1.165) is 25.3 Å². The Morgan fingerprint density at radius 1 is 1.09 bits per heavy atom. The standard InChI is InChI=1S/C21H33NO/c1-3-17-23-21-14-12-19(13-15-21)18(4-2)9-8-11-20-10-6-5-7-16-22-20/h12-15,18H,3-11,16-17H2,1-2H3. The highest BCUT2D eigenvalue weighted by Gasteiger charge is 2.11. The van der Waals surface area contributed by atoms with Gasteiger partial charge in [-0.2, -0.15) is 0 Å². The largest absolute Gasteiger partial charge is 0.494 e. The van der Waals surface area contributed by atoms with Gasteiger partial charge in [0.25, 0.3) is 0 Å². The highest BCUT2D eigenvalue weighted by molar-refractivity contribution is 5.84. The van der Waals surface area contributed by atoms with Crippen molar-refractivity contribution in [1.29, 1.82) is 0 Å². The summed E-state index contributed by atoms with van der Waals surface area (Å²) in [5.41, 5.74) is 2.93. The van der Waals surface area contributed by atoms with Gasteiger partial charge in [-0.1, -0.05) is 32.4 Å². The lowest BCUT2D eigenvalue weighted by molar-refractivity contribution is 0.317. The number of nitrogens with zero attached hydrogens (tertiary/aromatic N) is 1. The van der Waals surface area contributed by atoms with E-state index in [1.807, 2.05) is 0 Å². The first-order valence-electron chi connectivity index (χ1n) is 9.58. The SMILES string of the molecule is CCCOc1ccc(C(CC)CCCC2=NCCCCC2)cc1. The van der Waals surface area contributed by atoms with Crippen LogP contribution in [0.25, 0.3) is 0 Å². The molecule has 0 amide bonds. The van der Waals surface area contributed by atoms with Crippen molar-refractivity contribution in [3.05, 3.63) is 29.8 Å². The van der Waals surface area contributed by atoms with Crippen LogP contribution in [-0.4, -0.2) is 18.9 Å². The molecular weight excluding hydrogens is 282 g/mol. The zero-order valence-electron chi connectivity index (χ0n) is 15.0. The number of rotatable bonds is 9. The summed E-state index contributed by atoms with van der Waals surface area (Å²) in [7, 11) is 0. The van der Waals surface area contributed by atoms with Crippen LogP contribution in [-0.2, 0) is 0 Å². The van der Waals surface area contributed by atoms with Gasteiger partial charge in [0, 0.05) is 12.3 Å². The molecule has 1 aromatic carbocycles. The number of hydrogen-bond acceptors (Lipinski definition) is 2. The Balaban J connectivity index is 1.80. The molecule has 2 nitrogen and oxygen atoms in total. The minimum absolute atomic E-state index is 0.668. The summed E-state index contributed by atoms with van der Waals surface area (Å²) in [6.07, 6.45) is 11.2. The van der Waals surface area contributed by atoms with Gasteiger partial charge in [0.05, 0.1) is 6.61 Å². The average Bonchev–Trinajstić information content (AvgIpc) is 2.86. The van der Waals surface area contributed by atoms with E-state index in [2.05, 4.69) is 38.1 Å². The third kappa shape index (κ3) is 6.37. The van der Waals surface area contributed by atoms with E-state index in [1.165, 1.54) is 62.6 Å². The second-order valence-corrected chi connectivity index (χ2v) is 6.67. The van der Waals surface area contributed by atoms with Crippen molar-refractivity contribution in [2.24, 2.45) is 4.99 Å². The van der Waals surface area contributed by atoms with Crippen LogP contribution in [0.4, 0.5) is 0 Å². The summed E-state index contributed by atoms with van der Waals surface area (Å²) >= 11 is 0. The fraction of sp³-hybridized carbons (Fsp3) is 0.667. The highest BCUT2D eigenvalue weighted by Crippen LogP contribution is 2.27. The molecule has 0 saturated heterocycles. The van der Waals surface area contributed by atoms with Crippen LogP contribution in [0.3, 0.4) is 0 Å². The molecule has 0 saturated carbocycles. The molecule has 128 valence electrons. The van der Waals surface area contributed by atoms with Crippen LogP contribution < -0.4 is 4.74 Å². The monoisotopic (exact) mass is 315 g/mol. The molecule has 0 radical (unpaired) electrons. The number of benzene rings is 1. The normalized spacial score (nSPS) is 16.5. The van der Waals surface area contributed by atoms with Crippen LogP contribution >= 0.6 is 0 Å². The van der Waals surface area contributed by atoms with Crippen molar-refractivity contribution in [1.82, 2.24) is 0 Å². The Labute approximate surface area is 142 Å². The van der Waals surface area contributed by atoms with Crippen LogP contribution in [0.5, 0.6) is 5.75 Å². The summed E-state index contributed by atoms with van der Waals surface area (Å²) in [5.74, 6) is 1.67. The third-order valence-corrected chi connectivity index (χ3v) is 4.79. The molecule has 1 aliphatic heterocycles. The summed E-state index contributed by atoms with van der Waals surface area (Å²) in [6, 6.07) is 8.76. The molecule has 1 heterocycles. The molecule has 0 aliphatic carbocycles. The van der Waals surface area contributed by atoms with Crippen LogP contribution in [0.15, 0.2) is 29.3 Å². The highest BCUT2D eigenvalue weighted by atomic mass is 16.5. The predicted molar refractivity (Wildman–Crippen MR) is 99.9 cm³/mol. The van der Waals surface area contributed by atoms with Crippen molar-refractivity contribution < 1.29 is 4.74 Å². The van der Waals surface area contributed by atoms with Gasteiger partial charge in [-0.05, 0) is 75.0 Å². The van der Waals surface area contributed by atoms with E-state index in [1.54, 1.807) is 0 Å². The molecule has 0 fully saturated rings. The Bertz CT molecular complexity index is 463. The van der Waals surface area contributed by atoms with E-state index in [-0.39, 0.29) is 0 Å². The molecule has 2 heteroatoms. The topological polar surface area (TPSA) is 21.6 Å². The predicted octanol–water partition coefficient (Wildman–Crippen LogP) is 6.15. The van der Waals surface area contributed by atoms with Crippen molar-refractivity contribution in [2.45, 2.75) is 77.6 Å². The summed E-state index contributed by atoms with van der Waals surface area (Å²) < 4.78 is 5.68. The van der Waals surface area contributed by atoms with Crippen molar-refractivity contribution in [3.63, 3.8) is 0 Å². The fourth-order valence-electron chi connectivity index (χ4n) is 3.35. The van der Waals surface area contributed by atoms with Crippen LogP contribution in [0.1, 0.15) is 83.1 Å². The zero-order valence-corrected chi connectivity index (χ0v) is 15.0. The van der Waals surface area contributed by atoms with Gasteiger partial charge in [0.2, 0.25) is 0 Å². The lowest BCUT2D eigenvalue weighted by atomic mass is 9.90. The Kier molecular flexibility index (Phi) is 8.20. The quantitative estimate of drug-likeness (QED) is 0.535. The molecular formula is C21H33NO. The van der Waals surface area contributed by atoms with Crippen molar-refractivity contribution in [3.8, 4) is 5.75 Å². The molecule has 1 unspecified atom stereocenters. The summed E-state index contributed by atoms with van der Waals surface area (Å²) in [6.45, 7) is 6.31. The smallest absolute Gasteiger partial charge is 0.119 e. The lowest BCUT2D eigenvalue weighted by Crippen LogP contribution is -2.02. The maximum absolute atomic E-state index is 5.68. The van der Waals surface area contributed by atoms with E-state index in [9.17, 15) is 0 Å². The molecule has 1 aromatic rings. The Morgan fingerprint density at radius 3 is 2.65 bits per heavy atom. The summed E-state index contributed by atoms with van der Waals surface area (Å²) in [5, 5.41) is 0. The molecule has 0 aromatic heterocycles. The van der Waals surface area contributed by atoms with Gasteiger partial charge in [0.15, 0.2) is 0 Å². The average molecular weight is 316 g/mol. The van der Waals surface area contributed by atoms with Gasteiger partial charge < -0.3 is 4.74 Å². The van der Waals surface area contributed by atoms with Gasteiger partial charge in [-0.15, -0.1) is 0 Å². The minimum atomic E-state index is 0.668. The number of ether oxygens (including phenoxy) is 1.